The van der Waals surface area contributed by atoms with Crippen LogP contribution < -0.4 is 10.6 Å². The average Bonchev–Trinajstić information content (AvgIpc) is 2.37. The van der Waals surface area contributed by atoms with Gasteiger partial charge in [0.1, 0.15) is 0 Å². The Morgan fingerprint density at radius 1 is 1.11 bits per heavy atom. The van der Waals surface area contributed by atoms with E-state index in [0.717, 1.165) is 24.3 Å². The van der Waals surface area contributed by atoms with Gasteiger partial charge < -0.3 is 10.6 Å². The Balaban J connectivity index is 2.01. The van der Waals surface area contributed by atoms with Crippen LogP contribution in [0.2, 0.25) is 0 Å². The van der Waals surface area contributed by atoms with Crippen molar-refractivity contribution < 1.29 is 0 Å². The first kappa shape index (κ1) is 13.2. The number of hydrogen-bond donors (Lipinski definition) is 1. The van der Waals surface area contributed by atoms with Gasteiger partial charge in [0, 0.05) is 17.2 Å². The third kappa shape index (κ3) is 3.38. The van der Waals surface area contributed by atoms with E-state index < -0.39 is 0 Å². The number of hydrogen-bond acceptors (Lipinski definition) is 2. The maximum Gasteiger partial charge on any atom is 0.0598 e. The SMILES string of the molecule is CN(CCc1ccccc1)c1ccc(I)cc1N. The summed E-state index contributed by atoms with van der Waals surface area (Å²) in [6.45, 7) is 0.967. The molecule has 0 aliphatic rings. The largest absolute Gasteiger partial charge is 0.397 e. The van der Waals surface area contributed by atoms with Gasteiger partial charge in [-0.1, -0.05) is 30.3 Å². The van der Waals surface area contributed by atoms with E-state index in [1.165, 1.54) is 9.13 Å². The summed E-state index contributed by atoms with van der Waals surface area (Å²) in [7, 11) is 2.08. The fourth-order valence-electron chi connectivity index (χ4n) is 1.93. The monoisotopic (exact) mass is 352 g/mol. The molecule has 0 aliphatic carbocycles. The van der Waals surface area contributed by atoms with Crippen molar-refractivity contribution in [2.24, 2.45) is 0 Å². The lowest BCUT2D eigenvalue weighted by Crippen LogP contribution is -2.21. The van der Waals surface area contributed by atoms with Gasteiger partial charge in [0.2, 0.25) is 0 Å². The molecule has 0 radical (unpaired) electrons. The summed E-state index contributed by atoms with van der Waals surface area (Å²) in [6, 6.07) is 16.7. The van der Waals surface area contributed by atoms with Gasteiger partial charge in [-0.05, 0) is 52.8 Å². The average molecular weight is 352 g/mol. The first-order valence-electron chi connectivity index (χ1n) is 5.97. The van der Waals surface area contributed by atoms with Gasteiger partial charge in [-0.15, -0.1) is 0 Å². The molecule has 2 aromatic carbocycles. The quantitative estimate of drug-likeness (QED) is 0.674. The van der Waals surface area contributed by atoms with E-state index in [-0.39, 0.29) is 0 Å². The summed E-state index contributed by atoms with van der Waals surface area (Å²) >= 11 is 2.28. The number of likely N-dealkylation sites (N-methyl/N-ethyl adjacent to an activating group) is 1. The summed E-state index contributed by atoms with van der Waals surface area (Å²) in [5, 5.41) is 0. The van der Waals surface area contributed by atoms with E-state index in [0.29, 0.717) is 0 Å². The zero-order valence-electron chi connectivity index (χ0n) is 10.4. The van der Waals surface area contributed by atoms with Crippen LogP contribution in [0.1, 0.15) is 5.56 Å². The molecule has 0 atom stereocenters. The number of nitrogens with zero attached hydrogens (tertiary/aromatic N) is 1. The zero-order valence-corrected chi connectivity index (χ0v) is 12.6. The summed E-state index contributed by atoms with van der Waals surface area (Å²) in [6.07, 6.45) is 1.03. The molecule has 0 amide bonds. The highest BCUT2D eigenvalue weighted by atomic mass is 127. The van der Waals surface area contributed by atoms with E-state index in [1.807, 2.05) is 12.1 Å². The molecule has 0 aliphatic heterocycles. The number of rotatable bonds is 4. The Morgan fingerprint density at radius 2 is 1.83 bits per heavy atom. The Kier molecular flexibility index (Phi) is 4.47. The lowest BCUT2D eigenvalue weighted by Gasteiger charge is -2.21. The molecule has 0 bridgehead atoms. The fourth-order valence-corrected chi connectivity index (χ4v) is 2.45. The number of nitrogen functional groups attached to an aromatic ring is 1. The lowest BCUT2D eigenvalue weighted by molar-refractivity contribution is 0.878. The van der Waals surface area contributed by atoms with Crippen molar-refractivity contribution >= 4 is 34.0 Å². The van der Waals surface area contributed by atoms with Crippen molar-refractivity contribution in [3.8, 4) is 0 Å². The van der Waals surface area contributed by atoms with Crippen molar-refractivity contribution in [3.63, 3.8) is 0 Å². The van der Waals surface area contributed by atoms with E-state index in [9.17, 15) is 0 Å². The van der Waals surface area contributed by atoms with Gasteiger partial charge in [0.15, 0.2) is 0 Å². The molecule has 3 heteroatoms. The molecule has 0 heterocycles. The number of anilines is 2. The number of benzene rings is 2. The second-order valence-corrected chi connectivity index (χ2v) is 5.61. The van der Waals surface area contributed by atoms with Crippen molar-refractivity contribution in [1.29, 1.82) is 0 Å². The number of halogens is 1. The van der Waals surface area contributed by atoms with Crippen LogP contribution in [0.25, 0.3) is 0 Å². The fraction of sp³-hybridized carbons (Fsp3) is 0.200. The molecule has 2 aromatic rings. The molecular weight excluding hydrogens is 335 g/mol. The third-order valence-electron chi connectivity index (χ3n) is 2.98. The topological polar surface area (TPSA) is 29.3 Å². The predicted octanol–water partition coefficient (Wildman–Crippen LogP) is 3.55. The smallest absolute Gasteiger partial charge is 0.0598 e. The van der Waals surface area contributed by atoms with Crippen LogP contribution in [-0.2, 0) is 6.42 Å². The molecule has 0 unspecified atom stereocenters. The second kappa shape index (κ2) is 6.09. The third-order valence-corrected chi connectivity index (χ3v) is 3.65. The maximum atomic E-state index is 6.04. The first-order chi connectivity index (χ1) is 8.66. The zero-order chi connectivity index (χ0) is 13.0. The van der Waals surface area contributed by atoms with E-state index in [2.05, 4.69) is 70.9 Å². The summed E-state index contributed by atoms with van der Waals surface area (Å²) < 4.78 is 1.17. The van der Waals surface area contributed by atoms with Crippen molar-refractivity contribution in [3.05, 3.63) is 57.7 Å². The Morgan fingerprint density at radius 3 is 2.50 bits per heavy atom. The second-order valence-electron chi connectivity index (χ2n) is 4.36. The van der Waals surface area contributed by atoms with Crippen molar-refractivity contribution in [2.75, 3.05) is 24.2 Å². The van der Waals surface area contributed by atoms with Crippen LogP contribution in [0, 0.1) is 3.57 Å². The molecule has 2 nitrogen and oxygen atoms in total. The highest BCUT2D eigenvalue weighted by Gasteiger charge is 2.05. The normalized spacial score (nSPS) is 10.3. The van der Waals surface area contributed by atoms with Gasteiger partial charge in [-0.25, -0.2) is 0 Å². The summed E-state index contributed by atoms with van der Waals surface area (Å²) in [5.74, 6) is 0. The standard InChI is InChI=1S/C15H17IN2/c1-18(10-9-12-5-3-2-4-6-12)15-8-7-13(16)11-14(15)17/h2-8,11H,9-10,17H2,1H3. The molecule has 94 valence electrons. The van der Waals surface area contributed by atoms with E-state index >= 15 is 0 Å². The molecule has 0 aromatic heterocycles. The minimum Gasteiger partial charge on any atom is -0.397 e. The minimum absolute atomic E-state index is 0.845. The van der Waals surface area contributed by atoms with Crippen LogP contribution in [0.4, 0.5) is 11.4 Å². The van der Waals surface area contributed by atoms with E-state index in [1.54, 1.807) is 0 Å². The minimum atomic E-state index is 0.845. The molecule has 0 saturated carbocycles. The van der Waals surface area contributed by atoms with Gasteiger partial charge >= 0.3 is 0 Å². The van der Waals surface area contributed by atoms with Gasteiger partial charge in [0.05, 0.1) is 11.4 Å². The molecule has 2 N–H and O–H groups in total. The Labute approximate surface area is 122 Å². The van der Waals surface area contributed by atoms with Crippen LogP contribution >= 0.6 is 22.6 Å². The highest BCUT2D eigenvalue weighted by molar-refractivity contribution is 14.1. The highest BCUT2D eigenvalue weighted by Crippen LogP contribution is 2.24. The lowest BCUT2D eigenvalue weighted by atomic mass is 10.1. The summed E-state index contributed by atoms with van der Waals surface area (Å²) in [5.41, 5.74) is 9.35. The summed E-state index contributed by atoms with van der Waals surface area (Å²) in [4.78, 5) is 2.21. The van der Waals surface area contributed by atoms with Crippen LogP contribution in [-0.4, -0.2) is 13.6 Å². The maximum absolute atomic E-state index is 6.04. The predicted molar refractivity (Wildman–Crippen MR) is 87.0 cm³/mol. The molecule has 2 rings (SSSR count). The van der Waals surface area contributed by atoms with Crippen LogP contribution in [0.5, 0.6) is 0 Å². The van der Waals surface area contributed by atoms with Gasteiger partial charge in [-0.3, -0.25) is 0 Å². The molecular formula is C15H17IN2. The first-order valence-corrected chi connectivity index (χ1v) is 7.05. The van der Waals surface area contributed by atoms with Crippen molar-refractivity contribution in [1.82, 2.24) is 0 Å². The Bertz CT molecular complexity index is 511. The molecule has 0 saturated heterocycles. The molecule has 0 fully saturated rings. The molecule has 18 heavy (non-hydrogen) atoms. The van der Waals surface area contributed by atoms with Gasteiger partial charge in [-0.2, -0.15) is 0 Å². The molecule has 0 spiro atoms. The van der Waals surface area contributed by atoms with E-state index in [4.69, 9.17) is 5.73 Å². The number of nitrogens with two attached hydrogens (primary N) is 1. The Hall–Kier alpha value is -1.23. The van der Waals surface area contributed by atoms with Gasteiger partial charge in [0.25, 0.3) is 0 Å². The van der Waals surface area contributed by atoms with Crippen LogP contribution in [0.15, 0.2) is 48.5 Å². The van der Waals surface area contributed by atoms with Crippen molar-refractivity contribution in [2.45, 2.75) is 6.42 Å². The van der Waals surface area contributed by atoms with Crippen LogP contribution in [0.3, 0.4) is 0 Å².